The van der Waals surface area contributed by atoms with Gasteiger partial charge in [-0.15, -0.1) is 0 Å². The summed E-state index contributed by atoms with van der Waals surface area (Å²) in [6.07, 6.45) is 4.39. The largest absolute Gasteiger partial charge is 0.478 e. The number of hydrogen-bond acceptors (Lipinski definition) is 5. The number of piperidine rings is 1. The van der Waals surface area contributed by atoms with E-state index in [0.717, 1.165) is 31.5 Å². The summed E-state index contributed by atoms with van der Waals surface area (Å²) in [6.45, 7) is 5.84. The molecule has 5 heteroatoms. The predicted molar refractivity (Wildman–Crippen MR) is 69.9 cm³/mol. The van der Waals surface area contributed by atoms with Crippen LogP contribution in [0, 0.1) is 5.92 Å². The summed E-state index contributed by atoms with van der Waals surface area (Å²) in [5, 5.41) is 3.59. The minimum Gasteiger partial charge on any atom is -0.478 e. The van der Waals surface area contributed by atoms with Gasteiger partial charge in [-0.2, -0.15) is 4.98 Å². The molecule has 2 aliphatic heterocycles. The average molecular weight is 248 g/mol. The fraction of sp³-hybridized carbons (Fsp3) is 0.692. The third-order valence-electron chi connectivity index (χ3n) is 3.79. The van der Waals surface area contributed by atoms with Crippen molar-refractivity contribution in [1.29, 1.82) is 0 Å². The molecule has 3 heterocycles. The number of aromatic nitrogens is 2. The summed E-state index contributed by atoms with van der Waals surface area (Å²) in [5.41, 5.74) is 0. The van der Waals surface area contributed by atoms with Crippen molar-refractivity contribution in [3.05, 3.63) is 12.3 Å². The third kappa shape index (κ3) is 2.27. The van der Waals surface area contributed by atoms with Crippen LogP contribution in [0.2, 0.25) is 0 Å². The van der Waals surface area contributed by atoms with Crippen LogP contribution in [-0.2, 0) is 0 Å². The van der Waals surface area contributed by atoms with Gasteiger partial charge in [0.2, 0.25) is 11.8 Å². The van der Waals surface area contributed by atoms with Crippen molar-refractivity contribution in [1.82, 2.24) is 15.3 Å². The zero-order valence-corrected chi connectivity index (χ0v) is 10.8. The van der Waals surface area contributed by atoms with E-state index in [1.807, 2.05) is 13.0 Å². The van der Waals surface area contributed by atoms with Crippen LogP contribution < -0.4 is 15.0 Å². The predicted octanol–water partition coefficient (Wildman–Crippen LogP) is 1.06. The van der Waals surface area contributed by atoms with Gasteiger partial charge in [0, 0.05) is 31.4 Å². The van der Waals surface area contributed by atoms with Crippen molar-refractivity contribution in [2.45, 2.75) is 25.8 Å². The molecule has 1 aromatic heterocycles. The Kier molecular flexibility index (Phi) is 3.32. The number of rotatable bonds is 3. The Morgan fingerprint density at radius 3 is 3.28 bits per heavy atom. The molecule has 2 fully saturated rings. The highest BCUT2D eigenvalue weighted by Crippen LogP contribution is 2.27. The molecular weight excluding hydrogens is 228 g/mol. The molecule has 2 saturated heterocycles. The average Bonchev–Trinajstić information content (AvgIpc) is 2.83. The molecule has 0 saturated carbocycles. The van der Waals surface area contributed by atoms with Crippen LogP contribution in [-0.4, -0.2) is 42.3 Å². The van der Waals surface area contributed by atoms with Gasteiger partial charge in [-0.25, -0.2) is 4.98 Å². The molecule has 2 aliphatic rings. The molecule has 2 unspecified atom stereocenters. The molecule has 0 radical (unpaired) electrons. The van der Waals surface area contributed by atoms with Gasteiger partial charge in [0.15, 0.2) is 0 Å². The number of hydrogen-bond donors (Lipinski definition) is 1. The molecule has 0 amide bonds. The van der Waals surface area contributed by atoms with Gasteiger partial charge < -0.3 is 15.0 Å². The lowest BCUT2D eigenvalue weighted by atomic mass is 9.94. The Hall–Kier alpha value is -1.36. The summed E-state index contributed by atoms with van der Waals surface area (Å²) >= 11 is 0. The van der Waals surface area contributed by atoms with Crippen LogP contribution in [0.5, 0.6) is 5.88 Å². The molecule has 1 N–H and O–H groups in total. The first kappa shape index (κ1) is 11.7. The number of anilines is 1. The Morgan fingerprint density at radius 1 is 1.50 bits per heavy atom. The molecule has 0 spiro atoms. The third-order valence-corrected chi connectivity index (χ3v) is 3.79. The minimum atomic E-state index is 0.609. The molecule has 3 rings (SSSR count). The van der Waals surface area contributed by atoms with Gasteiger partial charge in [-0.1, -0.05) is 0 Å². The number of ether oxygens (including phenoxy) is 1. The van der Waals surface area contributed by atoms with Gasteiger partial charge in [0.25, 0.3) is 0 Å². The Labute approximate surface area is 108 Å². The second-order valence-electron chi connectivity index (χ2n) is 5.00. The van der Waals surface area contributed by atoms with Crippen LogP contribution in [0.3, 0.4) is 0 Å². The lowest BCUT2D eigenvalue weighted by Gasteiger charge is -2.24. The van der Waals surface area contributed by atoms with Crippen molar-refractivity contribution >= 4 is 5.95 Å². The first-order valence-electron chi connectivity index (χ1n) is 6.81. The molecule has 18 heavy (non-hydrogen) atoms. The van der Waals surface area contributed by atoms with E-state index in [1.165, 1.54) is 12.8 Å². The van der Waals surface area contributed by atoms with Crippen LogP contribution >= 0.6 is 0 Å². The maximum Gasteiger partial charge on any atom is 0.228 e. The van der Waals surface area contributed by atoms with Gasteiger partial charge in [-0.05, 0) is 32.2 Å². The fourth-order valence-corrected chi connectivity index (χ4v) is 2.92. The van der Waals surface area contributed by atoms with E-state index >= 15 is 0 Å². The van der Waals surface area contributed by atoms with Gasteiger partial charge in [0.05, 0.1) is 6.61 Å². The van der Waals surface area contributed by atoms with Crippen LogP contribution in [0.15, 0.2) is 12.3 Å². The molecule has 0 bridgehead atoms. The van der Waals surface area contributed by atoms with Crippen LogP contribution in [0.25, 0.3) is 0 Å². The molecular formula is C13H20N4O. The van der Waals surface area contributed by atoms with E-state index < -0.39 is 0 Å². The Balaban J connectivity index is 1.73. The summed E-state index contributed by atoms with van der Waals surface area (Å²) < 4.78 is 5.43. The van der Waals surface area contributed by atoms with Crippen LogP contribution in [0.4, 0.5) is 5.95 Å². The normalized spacial score (nSPS) is 27.1. The van der Waals surface area contributed by atoms with Gasteiger partial charge >= 0.3 is 0 Å². The topological polar surface area (TPSA) is 50.3 Å². The maximum atomic E-state index is 5.43. The molecule has 0 aliphatic carbocycles. The second kappa shape index (κ2) is 5.10. The zero-order valence-electron chi connectivity index (χ0n) is 10.8. The summed E-state index contributed by atoms with van der Waals surface area (Å²) in [5.74, 6) is 2.22. The van der Waals surface area contributed by atoms with E-state index in [4.69, 9.17) is 4.74 Å². The van der Waals surface area contributed by atoms with E-state index in [-0.39, 0.29) is 0 Å². The summed E-state index contributed by atoms with van der Waals surface area (Å²) in [4.78, 5) is 11.1. The van der Waals surface area contributed by atoms with E-state index in [0.29, 0.717) is 18.5 Å². The maximum absolute atomic E-state index is 5.43. The van der Waals surface area contributed by atoms with Gasteiger partial charge in [-0.3, -0.25) is 0 Å². The van der Waals surface area contributed by atoms with Gasteiger partial charge in [0.1, 0.15) is 0 Å². The van der Waals surface area contributed by atoms with Crippen molar-refractivity contribution in [3.8, 4) is 5.88 Å². The number of fused-ring (bicyclic) bond motifs is 1. The first-order valence-corrected chi connectivity index (χ1v) is 6.81. The molecule has 98 valence electrons. The monoisotopic (exact) mass is 248 g/mol. The standard InChI is InChI=1S/C13H20N4O/c1-2-18-12-5-7-15-13(16-12)17-8-10-4-3-6-14-11(10)9-17/h5,7,10-11,14H,2-4,6,8-9H2,1H3. The molecule has 5 nitrogen and oxygen atoms in total. The highest BCUT2D eigenvalue weighted by molar-refractivity contribution is 5.35. The first-order chi connectivity index (χ1) is 8.86. The Morgan fingerprint density at radius 2 is 2.44 bits per heavy atom. The highest BCUT2D eigenvalue weighted by atomic mass is 16.5. The SMILES string of the molecule is CCOc1ccnc(N2CC3CCCNC3C2)n1. The van der Waals surface area contributed by atoms with Crippen molar-refractivity contribution in [2.75, 3.05) is 31.1 Å². The van der Waals surface area contributed by atoms with Crippen LogP contribution in [0.1, 0.15) is 19.8 Å². The van der Waals surface area contributed by atoms with E-state index in [9.17, 15) is 0 Å². The minimum absolute atomic E-state index is 0.609. The van der Waals surface area contributed by atoms with E-state index in [2.05, 4.69) is 20.2 Å². The van der Waals surface area contributed by atoms with E-state index in [1.54, 1.807) is 6.20 Å². The number of nitrogens with one attached hydrogen (secondary N) is 1. The smallest absolute Gasteiger partial charge is 0.228 e. The fourth-order valence-electron chi connectivity index (χ4n) is 2.92. The quantitative estimate of drug-likeness (QED) is 0.867. The zero-order chi connectivity index (χ0) is 12.4. The highest BCUT2D eigenvalue weighted by Gasteiger charge is 2.35. The lowest BCUT2D eigenvalue weighted by Crippen LogP contribution is -2.40. The summed E-state index contributed by atoms with van der Waals surface area (Å²) in [6, 6.07) is 2.42. The lowest BCUT2D eigenvalue weighted by molar-refractivity contribution is 0.326. The van der Waals surface area contributed by atoms with Crippen molar-refractivity contribution < 1.29 is 4.74 Å². The molecule has 2 atom stereocenters. The second-order valence-corrected chi connectivity index (χ2v) is 5.00. The molecule has 0 aromatic carbocycles. The summed E-state index contributed by atoms with van der Waals surface area (Å²) in [7, 11) is 0. The van der Waals surface area contributed by atoms with Crippen molar-refractivity contribution in [2.24, 2.45) is 5.92 Å². The number of nitrogens with zero attached hydrogens (tertiary/aromatic N) is 3. The molecule has 1 aromatic rings. The van der Waals surface area contributed by atoms with Crippen molar-refractivity contribution in [3.63, 3.8) is 0 Å². The Bertz CT molecular complexity index is 398.